The Morgan fingerprint density at radius 1 is 1.21 bits per heavy atom. The molecule has 3 fully saturated rings. The van der Waals surface area contributed by atoms with Crippen LogP contribution in [0.5, 0.6) is 0 Å². The number of fused-ring (bicyclic) bond motifs is 2. The molecule has 8 nitrogen and oxygen atoms in total. The first-order chi connectivity index (χ1) is 16.2. The van der Waals surface area contributed by atoms with Gasteiger partial charge < -0.3 is 14.2 Å². The predicted molar refractivity (Wildman–Crippen MR) is 116 cm³/mol. The van der Waals surface area contributed by atoms with Crippen LogP contribution in [0.15, 0.2) is 22.7 Å². The molecule has 5 heterocycles. The second-order valence-corrected chi connectivity index (χ2v) is 10.1. The largest absolute Gasteiger partial charge is 0.424 e. The first-order valence-corrected chi connectivity index (χ1v) is 11.5. The van der Waals surface area contributed by atoms with Crippen molar-refractivity contribution in [3.8, 4) is 6.07 Å². The van der Waals surface area contributed by atoms with Crippen molar-refractivity contribution in [2.24, 2.45) is 5.41 Å². The van der Waals surface area contributed by atoms with E-state index in [4.69, 9.17) is 16.0 Å². The Balaban J connectivity index is 1.38. The molecule has 2 saturated heterocycles. The molecule has 2 aliphatic heterocycles. The number of hydrogen-bond acceptors (Lipinski definition) is 7. The first-order valence-electron chi connectivity index (χ1n) is 11.1. The van der Waals surface area contributed by atoms with Gasteiger partial charge in [0.15, 0.2) is 0 Å². The molecule has 2 atom stereocenters. The molecule has 1 saturated carbocycles. The van der Waals surface area contributed by atoms with Crippen LogP contribution in [-0.4, -0.2) is 64.1 Å². The Morgan fingerprint density at radius 2 is 1.97 bits per heavy atom. The standard InChI is InChI=1S/C22H21ClF3N7O/c1-31-6-4-13(5-7-31)18-29-30-19(34-18)20-10-21(20,22(24,25)26)12-32(11-20)16-3-2-14(8-27)33-17(16)15(23)9-28-33/h2-3,9,13H,4-7,10-12H2,1H3/t20-,21-/m0/s1. The molecule has 0 unspecified atom stereocenters. The number of likely N-dealkylation sites (tertiary alicyclic amines) is 1. The lowest BCUT2D eigenvalue weighted by Crippen LogP contribution is -2.34. The van der Waals surface area contributed by atoms with Crippen molar-refractivity contribution in [3.63, 3.8) is 0 Å². The van der Waals surface area contributed by atoms with E-state index in [0.717, 1.165) is 25.9 Å². The normalized spacial score (nSPS) is 27.8. The molecule has 0 N–H and O–H groups in total. The average Bonchev–Trinajstić information content (AvgIpc) is 3.20. The zero-order valence-corrected chi connectivity index (χ0v) is 19.1. The van der Waals surface area contributed by atoms with Crippen LogP contribution in [0.25, 0.3) is 5.52 Å². The lowest BCUT2D eigenvalue weighted by atomic mass is 9.95. The molecule has 0 radical (unpaired) electrons. The molecule has 0 spiro atoms. The van der Waals surface area contributed by atoms with E-state index in [1.807, 2.05) is 13.1 Å². The molecule has 0 amide bonds. The molecule has 3 aromatic heterocycles. The van der Waals surface area contributed by atoms with E-state index in [2.05, 4.69) is 20.2 Å². The molecule has 3 aromatic rings. The van der Waals surface area contributed by atoms with Gasteiger partial charge >= 0.3 is 6.18 Å². The number of alkyl halides is 3. The molecule has 178 valence electrons. The Morgan fingerprint density at radius 3 is 2.68 bits per heavy atom. The van der Waals surface area contributed by atoms with E-state index in [9.17, 15) is 18.4 Å². The summed E-state index contributed by atoms with van der Waals surface area (Å²) >= 11 is 6.32. The third-order valence-electron chi connectivity index (χ3n) is 7.83. The molecule has 0 bridgehead atoms. The predicted octanol–water partition coefficient (Wildman–Crippen LogP) is 3.76. The second kappa shape index (κ2) is 7.09. The van der Waals surface area contributed by atoms with Crippen LogP contribution in [0, 0.1) is 16.7 Å². The number of hydrogen-bond donors (Lipinski definition) is 0. The maximum absolute atomic E-state index is 14.5. The number of piperidine rings is 2. The van der Waals surface area contributed by atoms with Crippen LogP contribution >= 0.6 is 11.6 Å². The van der Waals surface area contributed by atoms with Crippen molar-refractivity contribution < 1.29 is 17.6 Å². The van der Waals surface area contributed by atoms with E-state index in [0.29, 0.717) is 17.1 Å². The fourth-order valence-electron chi connectivity index (χ4n) is 5.81. The summed E-state index contributed by atoms with van der Waals surface area (Å²) in [6.07, 6.45) is -1.47. The summed E-state index contributed by atoms with van der Waals surface area (Å²) in [5.41, 5.74) is -2.14. The van der Waals surface area contributed by atoms with E-state index < -0.39 is 17.0 Å². The van der Waals surface area contributed by atoms with Crippen molar-refractivity contribution in [2.45, 2.75) is 36.8 Å². The van der Waals surface area contributed by atoms with Gasteiger partial charge in [-0.15, -0.1) is 10.2 Å². The fourth-order valence-corrected chi connectivity index (χ4v) is 6.03. The minimum Gasteiger partial charge on any atom is -0.424 e. The van der Waals surface area contributed by atoms with Gasteiger partial charge in [-0.05, 0) is 51.5 Å². The van der Waals surface area contributed by atoms with Crippen LogP contribution in [-0.2, 0) is 5.41 Å². The van der Waals surface area contributed by atoms with Gasteiger partial charge in [0, 0.05) is 19.0 Å². The fraction of sp³-hybridized carbons (Fsp3) is 0.545. The number of aromatic nitrogens is 4. The number of nitriles is 1. The van der Waals surface area contributed by atoms with Crippen molar-refractivity contribution in [1.29, 1.82) is 5.26 Å². The zero-order valence-electron chi connectivity index (χ0n) is 18.3. The first kappa shape index (κ1) is 21.7. The van der Waals surface area contributed by atoms with Gasteiger partial charge in [0.05, 0.1) is 22.3 Å². The maximum Gasteiger partial charge on any atom is 0.397 e. The van der Waals surface area contributed by atoms with Crippen molar-refractivity contribution in [2.75, 3.05) is 38.1 Å². The lowest BCUT2D eigenvalue weighted by Gasteiger charge is -2.26. The molecule has 6 rings (SSSR count). The molecule has 34 heavy (non-hydrogen) atoms. The van der Waals surface area contributed by atoms with Gasteiger partial charge in [0.2, 0.25) is 11.8 Å². The minimum absolute atomic E-state index is 0.0601. The van der Waals surface area contributed by atoms with Gasteiger partial charge in [-0.25, -0.2) is 4.52 Å². The highest BCUT2D eigenvalue weighted by Gasteiger charge is 2.86. The summed E-state index contributed by atoms with van der Waals surface area (Å²) in [5, 5.41) is 22.1. The maximum atomic E-state index is 14.5. The summed E-state index contributed by atoms with van der Waals surface area (Å²) in [5.74, 6) is 0.554. The van der Waals surface area contributed by atoms with E-state index in [1.165, 1.54) is 16.8 Å². The van der Waals surface area contributed by atoms with Crippen LogP contribution in [0.3, 0.4) is 0 Å². The van der Waals surface area contributed by atoms with Gasteiger partial charge in [-0.3, -0.25) is 0 Å². The Hall–Kier alpha value is -2.84. The molecular weight excluding hydrogens is 471 g/mol. The van der Waals surface area contributed by atoms with Crippen LogP contribution in [0.4, 0.5) is 18.9 Å². The topological polar surface area (TPSA) is 86.5 Å². The summed E-state index contributed by atoms with van der Waals surface area (Å²) in [6, 6.07) is 5.19. The number of halogens is 4. The van der Waals surface area contributed by atoms with Crippen LogP contribution in [0.1, 0.15) is 42.7 Å². The molecule has 1 aliphatic carbocycles. The van der Waals surface area contributed by atoms with E-state index in [-0.39, 0.29) is 42.0 Å². The summed E-state index contributed by atoms with van der Waals surface area (Å²) in [4.78, 5) is 3.86. The third-order valence-corrected chi connectivity index (χ3v) is 8.10. The summed E-state index contributed by atoms with van der Waals surface area (Å²) < 4.78 is 50.7. The molecule has 0 aromatic carbocycles. The number of rotatable bonds is 3. The second-order valence-electron chi connectivity index (χ2n) is 9.69. The number of anilines is 1. The van der Waals surface area contributed by atoms with Gasteiger partial charge in [0.25, 0.3) is 0 Å². The Kier molecular flexibility index (Phi) is 4.52. The SMILES string of the molecule is CN1CCC(c2nnc([C@]34CN(c5ccc(C#N)n6ncc(Cl)c56)C[C@@]3(C(F)(F)F)C4)o2)CC1. The van der Waals surface area contributed by atoms with E-state index in [1.54, 1.807) is 11.0 Å². The Bertz CT molecular complexity index is 1320. The van der Waals surface area contributed by atoms with Crippen molar-refractivity contribution in [1.82, 2.24) is 24.7 Å². The quantitative estimate of drug-likeness (QED) is 0.551. The zero-order chi connectivity index (χ0) is 23.9. The highest BCUT2D eigenvalue weighted by molar-refractivity contribution is 6.34. The molecule has 12 heteroatoms. The Labute approximate surface area is 197 Å². The summed E-state index contributed by atoms with van der Waals surface area (Å²) in [7, 11) is 2.04. The molecule has 3 aliphatic rings. The number of pyridine rings is 1. The summed E-state index contributed by atoms with van der Waals surface area (Å²) in [6.45, 7) is 1.57. The van der Waals surface area contributed by atoms with Crippen LogP contribution in [0.2, 0.25) is 5.02 Å². The lowest BCUT2D eigenvalue weighted by molar-refractivity contribution is -0.187. The smallest absolute Gasteiger partial charge is 0.397 e. The average molecular weight is 492 g/mol. The molecular formula is C22H21ClF3N7O. The highest BCUT2D eigenvalue weighted by Crippen LogP contribution is 2.75. The van der Waals surface area contributed by atoms with Gasteiger partial charge in [-0.2, -0.15) is 23.5 Å². The van der Waals surface area contributed by atoms with Crippen molar-refractivity contribution in [3.05, 3.63) is 40.8 Å². The van der Waals surface area contributed by atoms with Crippen molar-refractivity contribution >= 4 is 22.8 Å². The van der Waals surface area contributed by atoms with Gasteiger partial charge in [-0.1, -0.05) is 11.6 Å². The van der Waals surface area contributed by atoms with Gasteiger partial charge in [0.1, 0.15) is 22.7 Å². The highest BCUT2D eigenvalue weighted by atomic mass is 35.5. The van der Waals surface area contributed by atoms with Crippen LogP contribution < -0.4 is 4.90 Å². The minimum atomic E-state index is -4.45. The monoisotopic (exact) mass is 491 g/mol. The third kappa shape index (κ3) is 2.84. The van der Waals surface area contributed by atoms with E-state index >= 15 is 0 Å². The number of nitrogens with zero attached hydrogens (tertiary/aromatic N) is 7.